The predicted molar refractivity (Wildman–Crippen MR) is 100 cm³/mol. The second-order valence-electron chi connectivity index (χ2n) is 5.78. The molecule has 0 radical (unpaired) electrons. The van der Waals surface area contributed by atoms with Crippen molar-refractivity contribution in [2.75, 3.05) is 26.5 Å². The molecule has 0 heterocycles. The number of rotatable bonds is 8. The number of hydrogen-bond acceptors (Lipinski definition) is 4. The average Bonchev–Trinajstić information content (AvgIpc) is 2.53. The van der Waals surface area contributed by atoms with Crippen LogP contribution in [-0.4, -0.2) is 39.8 Å². The van der Waals surface area contributed by atoms with Gasteiger partial charge in [0.25, 0.3) is 0 Å². The largest absolute Gasteiger partial charge is 0.494 e. The molecule has 0 aliphatic heterocycles. The molecule has 2 aromatic rings. The fraction of sp³-hybridized carbons (Fsp3) is 0.333. The van der Waals surface area contributed by atoms with Crippen molar-refractivity contribution < 1.29 is 13.2 Å². The monoisotopic (exact) mass is 411 g/mol. The third-order valence-electron chi connectivity index (χ3n) is 3.58. The quantitative estimate of drug-likeness (QED) is 0.620. The molecule has 0 aromatic heterocycles. The van der Waals surface area contributed by atoms with E-state index in [4.69, 9.17) is 4.74 Å². The van der Waals surface area contributed by atoms with Crippen LogP contribution in [-0.2, 0) is 16.4 Å². The molecular formula is C18H22BrNO3S. The SMILES string of the molecule is CN(CCCOc1cccc(S(C)(=O)=O)c1)Cc1ccccc1Br. The number of sulfone groups is 1. The van der Waals surface area contributed by atoms with Crippen LogP contribution >= 0.6 is 15.9 Å². The van der Waals surface area contributed by atoms with Gasteiger partial charge in [0.2, 0.25) is 0 Å². The molecule has 0 saturated heterocycles. The van der Waals surface area contributed by atoms with Gasteiger partial charge in [-0.2, -0.15) is 0 Å². The average molecular weight is 412 g/mol. The molecule has 2 rings (SSSR count). The summed E-state index contributed by atoms with van der Waals surface area (Å²) < 4.78 is 29.9. The van der Waals surface area contributed by atoms with E-state index < -0.39 is 9.84 Å². The van der Waals surface area contributed by atoms with Crippen LogP contribution in [0.2, 0.25) is 0 Å². The molecular weight excluding hydrogens is 390 g/mol. The molecule has 0 spiro atoms. The van der Waals surface area contributed by atoms with Gasteiger partial charge in [-0.05, 0) is 43.3 Å². The van der Waals surface area contributed by atoms with Crippen LogP contribution < -0.4 is 4.74 Å². The Morgan fingerprint density at radius 2 is 1.88 bits per heavy atom. The van der Waals surface area contributed by atoms with E-state index in [-0.39, 0.29) is 4.90 Å². The van der Waals surface area contributed by atoms with E-state index >= 15 is 0 Å². The zero-order valence-electron chi connectivity index (χ0n) is 13.9. The molecule has 2 aromatic carbocycles. The van der Waals surface area contributed by atoms with Crippen LogP contribution in [0, 0.1) is 0 Å². The first-order chi connectivity index (χ1) is 11.4. The van der Waals surface area contributed by atoms with Gasteiger partial charge in [-0.25, -0.2) is 8.42 Å². The van der Waals surface area contributed by atoms with E-state index in [1.54, 1.807) is 24.3 Å². The molecule has 4 nitrogen and oxygen atoms in total. The Morgan fingerprint density at radius 3 is 2.58 bits per heavy atom. The lowest BCUT2D eigenvalue weighted by Gasteiger charge is -2.17. The van der Waals surface area contributed by atoms with Crippen LogP contribution in [0.5, 0.6) is 5.75 Å². The summed E-state index contributed by atoms with van der Waals surface area (Å²) in [6.07, 6.45) is 2.06. The summed E-state index contributed by atoms with van der Waals surface area (Å²) in [4.78, 5) is 2.52. The van der Waals surface area contributed by atoms with E-state index in [9.17, 15) is 8.42 Å². The molecule has 0 amide bonds. The zero-order chi connectivity index (χ0) is 17.6. The van der Waals surface area contributed by atoms with Gasteiger partial charge in [0.1, 0.15) is 5.75 Å². The van der Waals surface area contributed by atoms with Gasteiger partial charge in [-0.3, -0.25) is 0 Å². The summed E-state index contributed by atoms with van der Waals surface area (Å²) in [5.41, 5.74) is 1.25. The second-order valence-corrected chi connectivity index (χ2v) is 8.65. The van der Waals surface area contributed by atoms with Crippen LogP contribution in [0.25, 0.3) is 0 Å². The van der Waals surface area contributed by atoms with Gasteiger partial charge >= 0.3 is 0 Å². The highest BCUT2D eigenvalue weighted by Gasteiger charge is 2.08. The summed E-state index contributed by atoms with van der Waals surface area (Å²) in [6.45, 7) is 2.31. The number of halogens is 1. The topological polar surface area (TPSA) is 46.6 Å². The molecule has 0 aliphatic rings. The lowest BCUT2D eigenvalue weighted by Crippen LogP contribution is -2.21. The first-order valence-corrected chi connectivity index (χ1v) is 10.4. The lowest BCUT2D eigenvalue weighted by molar-refractivity contribution is 0.258. The highest BCUT2D eigenvalue weighted by molar-refractivity contribution is 9.10. The Balaban J connectivity index is 1.78. The van der Waals surface area contributed by atoms with Crippen molar-refractivity contribution in [1.82, 2.24) is 4.90 Å². The van der Waals surface area contributed by atoms with E-state index in [0.29, 0.717) is 12.4 Å². The molecule has 0 saturated carbocycles. The van der Waals surface area contributed by atoms with Crippen molar-refractivity contribution in [2.24, 2.45) is 0 Å². The molecule has 0 aliphatic carbocycles. The number of nitrogens with zero attached hydrogens (tertiary/aromatic N) is 1. The van der Waals surface area contributed by atoms with Gasteiger partial charge in [-0.1, -0.05) is 40.2 Å². The summed E-state index contributed by atoms with van der Waals surface area (Å²) in [6, 6.07) is 14.8. The molecule has 0 atom stereocenters. The van der Waals surface area contributed by atoms with Crippen molar-refractivity contribution in [3.05, 3.63) is 58.6 Å². The third-order valence-corrected chi connectivity index (χ3v) is 5.47. The molecule has 24 heavy (non-hydrogen) atoms. The first kappa shape index (κ1) is 19.0. The van der Waals surface area contributed by atoms with Gasteiger partial charge in [-0.15, -0.1) is 0 Å². The maximum absolute atomic E-state index is 11.5. The van der Waals surface area contributed by atoms with Crippen LogP contribution in [0.3, 0.4) is 0 Å². The Morgan fingerprint density at radius 1 is 1.12 bits per heavy atom. The first-order valence-electron chi connectivity index (χ1n) is 7.71. The molecule has 6 heteroatoms. The molecule has 0 fully saturated rings. The van der Waals surface area contributed by atoms with Gasteiger partial charge in [0.15, 0.2) is 9.84 Å². The van der Waals surface area contributed by atoms with Crippen molar-refractivity contribution in [2.45, 2.75) is 17.9 Å². The highest BCUT2D eigenvalue weighted by atomic mass is 79.9. The van der Waals surface area contributed by atoms with Crippen LogP contribution in [0.15, 0.2) is 57.9 Å². The van der Waals surface area contributed by atoms with Crippen molar-refractivity contribution in [1.29, 1.82) is 0 Å². The van der Waals surface area contributed by atoms with E-state index in [0.717, 1.165) is 24.0 Å². The maximum atomic E-state index is 11.5. The summed E-state index contributed by atoms with van der Waals surface area (Å²) >= 11 is 3.56. The predicted octanol–water partition coefficient (Wildman–Crippen LogP) is 3.75. The Kier molecular flexibility index (Phi) is 6.83. The van der Waals surface area contributed by atoms with Crippen LogP contribution in [0.4, 0.5) is 0 Å². The smallest absolute Gasteiger partial charge is 0.175 e. The van der Waals surface area contributed by atoms with Gasteiger partial charge < -0.3 is 9.64 Å². The van der Waals surface area contributed by atoms with Crippen LogP contribution in [0.1, 0.15) is 12.0 Å². The Bertz CT molecular complexity index is 777. The van der Waals surface area contributed by atoms with Crippen molar-refractivity contribution in [3.8, 4) is 5.75 Å². The van der Waals surface area contributed by atoms with E-state index in [1.807, 2.05) is 18.2 Å². The minimum Gasteiger partial charge on any atom is -0.494 e. The summed E-state index contributed by atoms with van der Waals surface area (Å²) in [5.74, 6) is 0.589. The fourth-order valence-corrected chi connectivity index (χ4v) is 3.38. The minimum absolute atomic E-state index is 0.283. The summed E-state index contributed by atoms with van der Waals surface area (Å²) in [5, 5.41) is 0. The standard InChI is InChI=1S/C18H22BrNO3S/c1-20(14-15-7-3-4-10-18(15)19)11-6-12-23-16-8-5-9-17(13-16)24(2,21)22/h3-5,7-10,13H,6,11-12,14H2,1-2H3. The maximum Gasteiger partial charge on any atom is 0.175 e. The normalized spacial score (nSPS) is 11.7. The minimum atomic E-state index is -3.20. The van der Waals surface area contributed by atoms with Crippen molar-refractivity contribution >= 4 is 25.8 Å². The van der Waals surface area contributed by atoms with Gasteiger partial charge in [0, 0.05) is 23.8 Å². The lowest BCUT2D eigenvalue weighted by atomic mass is 10.2. The highest BCUT2D eigenvalue weighted by Crippen LogP contribution is 2.18. The van der Waals surface area contributed by atoms with E-state index in [1.165, 1.54) is 11.8 Å². The number of ether oxygens (including phenoxy) is 1. The van der Waals surface area contributed by atoms with Crippen molar-refractivity contribution in [3.63, 3.8) is 0 Å². The van der Waals surface area contributed by atoms with Gasteiger partial charge in [0.05, 0.1) is 11.5 Å². The Hall–Kier alpha value is -1.37. The summed E-state index contributed by atoms with van der Waals surface area (Å²) in [7, 11) is -1.13. The number of benzene rings is 2. The zero-order valence-corrected chi connectivity index (χ0v) is 16.3. The fourth-order valence-electron chi connectivity index (χ4n) is 2.32. The van der Waals surface area contributed by atoms with E-state index in [2.05, 4.69) is 33.9 Å². The molecule has 0 bridgehead atoms. The molecule has 0 unspecified atom stereocenters. The molecule has 130 valence electrons. The Labute approximate surface area is 152 Å². The second kappa shape index (κ2) is 8.65. The third kappa shape index (κ3) is 5.92. The molecule has 0 N–H and O–H groups in total. The number of hydrogen-bond donors (Lipinski definition) is 0.